The van der Waals surface area contributed by atoms with Crippen LogP contribution >= 0.6 is 12.2 Å². The molecule has 5 N–H and O–H groups in total. The highest BCUT2D eigenvalue weighted by atomic mass is 32.1. The zero-order chi connectivity index (χ0) is 16.4. The van der Waals surface area contributed by atoms with Gasteiger partial charge >= 0.3 is 0 Å². The zero-order valence-corrected chi connectivity index (χ0v) is 12.1. The Hall–Kier alpha value is -2.40. The van der Waals surface area contributed by atoms with Crippen LogP contribution < -0.4 is 21.2 Å². The third-order valence-electron chi connectivity index (χ3n) is 2.91. The van der Waals surface area contributed by atoms with Crippen molar-refractivity contribution in [1.29, 1.82) is 0 Å². The number of nitrogens with one attached hydrogen (secondary N) is 4. The summed E-state index contributed by atoms with van der Waals surface area (Å²) in [4.78, 5) is 35.3. The lowest BCUT2D eigenvalue weighted by Gasteiger charge is -2.16. The smallest absolute Gasteiger partial charge is 0.294 e. The summed E-state index contributed by atoms with van der Waals surface area (Å²) in [6.45, 7) is 1.69. The third kappa shape index (κ3) is 3.26. The summed E-state index contributed by atoms with van der Waals surface area (Å²) in [6.07, 6.45) is 0. The molecule has 22 heavy (non-hydrogen) atoms. The van der Waals surface area contributed by atoms with Gasteiger partial charge in [0.05, 0.1) is 0 Å². The Morgan fingerprint density at radius 1 is 1.45 bits per heavy atom. The lowest BCUT2D eigenvalue weighted by Crippen LogP contribution is -2.99. The lowest BCUT2D eigenvalue weighted by atomic mass is 10.1. The molecule has 0 aromatic heterocycles. The predicted molar refractivity (Wildman–Crippen MR) is 78.3 cm³/mol. The van der Waals surface area contributed by atoms with E-state index in [2.05, 4.69) is 28.2 Å². The Morgan fingerprint density at radius 3 is 2.68 bits per heavy atom. The monoisotopic (exact) mass is 324 g/mol. The average Bonchev–Trinajstić information content (AvgIpc) is 2.78. The number of Topliss-reactive ketones (excluding diaryl/α,β-unsaturated/α-hetero) is 1. The van der Waals surface area contributed by atoms with Gasteiger partial charge in [-0.25, -0.2) is 5.21 Å². The molecule has 10 heteroatoms. The molecule has 2 rings (SSSR count). The maximum Gasteiger partial charge on any atom is 0.294 e. The second-order valence-corrected chi connectivity index (χ2v) is 4.98. The van der Waals surface area contributed by atoms with Crippen molar-refractivity contribution in [2.24, 2.45) is 0 Å². The van der Waals surface area contributed by atoms with E-state index in [1.54, 1.807) is 13.0 Å². The van der Waals surface area contributed by atoms with Crippen molar-refractivity contribution in [3.8, 4) is 0 Å². The number of quaternary nitrogens is 1. The fraction of sp³-hybridized carbons (Fsp3) is 0.167. The van der Waals surface area contributed by atoms with Crippen molar-refractivity contribution in [3.05, 3.63) is 29.0 Å². The Labute approximate surface area is 129 Å². The van der Waals surface area contributed by atoms with Crippen molar-refractivity contribution in [2.75, 3.05) is 5.32 Å². The molecule has 0 aliphatic carbocycles. The summed E-state index contributed by atoms with van der Waals surface area (Å²) in [5.41, 5.74) is 0.502. The topological polar surface area (TPSA) is 135 Å². The molecule has 9 nitrogen and oxygen atoms in total. The number of aryl methyl sites for hydroxylation is 1. The van der Waals surface area contributed by atoms with E-state index in [0.717, 1.165) is 0 Å². The van der Waals surface area contributed by atoms with E-state index in [1.165, 1.54) is 12.1 Å². The quantitative estimate of drug-likeness (QED) is 0.192. The summed E-state index contributed by atoms with van der Waals surface area (Å²) in [6, 6.07) is 2.91. The second kappa shape index (κ2) is 6.15. The number of hydrogen-bond donors (Lipinski definition) is 5. The van der Waals surface area contributed by atoms with Crippen molar-refractivity contribution < 1.29 is 24.8 Å². The molecule has 0 spiro atoms. The second-order valence-electron chi connectivity index (χ2n) is 4.57. The summed E-state index contributed by atoms with van der Waals surface area (Å²) >= 11 is 4.67. The van der Waals surface area contributed by atoms with E-state index >= 15 is 0 Å². The van der Waals surface area contributed by atoms with Gasteiger partial charge < -0.3 is 21.2 Å². The SMILES string of the molecule is Cc1ccc(NC(=O)C(=O)C2NC(=S)NC2=O)c([NH+]([O-])O)c1. The Kier molecular flexibility index (Phi) is 4.47. The molecule has 0 radical (unpaired) electrons. The minimum Gasteiger partial charge on any atom is -0.595 e. The van der Waals surface area contributed by atoms with E-state index in [1.807, 2.05) is 0 Å². The maximum absolute atomic E-state index is 11.9. The molecule has 116 valence electrons. The van der Waals surface area contributed by atoms with Gasteiger partial charge in [-0.3, -0.25) is 14.4 Å². The molecule has 2 atom stereocenters. The number of rotatable bonds is 4. The predicted octanol–water partition coefficient (Wildman–Crippen LogP) is -1.72. The van der Waals surface area contributed by atoms with E-state index in [9.17, 15) is 19.6 Å². The number of anilines is 1. The number of carbonyl (C=O) groups excluding carboxylic acids is 3. The van der Waals surface area contributed by atoms with Crippen LogP contribution in [-0.4, -0.2) is 34.0 Å². The van der Waals surface area contributed by atoms with Crippen LogP contribution in [-0.2, 0) is 14.4 Å². The highest BCUT2D eigenvalue weighted by Gasteiger charge is 2.37. The Morgan fingerprint density at radius 2 is 2.14 bits per heavy atom. The number of benzene rings is 1. The van der Waals surface area contributed by atoms with Crippen LogP contribution in [0.1, 0.15) is 5.56 Å². The van der Waals surface area contributed by atoms with Gasteiger partial charge in [-0.2, -0.15) is 5.23 Å². The van der Waals surface area contributed by atoms with Crippen LogP contribution in [0.4, 0.5) is 11.4 Å². The van der Waals surface area contributed by atoms with Crippen molar-refractivity contribution in [1.82, 2.24) is 10.6 Å². The standard InChI is InChI=1S/C12H12N4O5S/c1-5-2-3-6(7(4-5)16(20)21)13-11(19)9(17)8-10(18)15-12(22)14-8/h2-4,8,16,20H,1H3,(H,13,19)(H2,14,15,18,22). The van der Waals surface area contributed by atoms with Gasteiger partial charge in [0.25, 0.3) is 17.6 Å². The maximum atomic E-state index is 11.9. The fourth-order valence-corrected chi connectivity index (χ4v) is 2.08. The summed E-state index contributed by atoms with van der Waals surface area (Å²) < 4.78 is 0. The molecule has 0 bridgehead atoms. The molecule has 1 aromatic rings. The van der Waals surface area contributed by atoms with Crippen molar-refractivity contribution in [3.63, 3.8) is 0 Å². The van der Waals surface area contributed by atoms with E-state index in [0.29, 0.717) is 5.56 Å². The number of thiocarbonyl (C=S) groups is 1. The first kappa shape index (κ1) is 16.0. The first-order chi connectivity index (χ1) is 10.3. The van der Waals surface area contributed by atoms with Gasteiger partial charge in [-0.05, 0) is 30.8 Å². The normalized spacial score (nSPS) is 18.4. The summed E-state index contributed by atoms with van der Waals surface area (Å²) in [7, 11) is 0. The summed E-state index contributed by atoms with van der Waals surface area (Å²) in [5, 5.41) is 25.7. The summed E-state index contributed by atoms with van der Waals surface area (Å²) in [5.74, 6) is -2.90. The molecule has 2 unspecified atom stereocenters. The first-order valence-corrected chi connectivity index (χ1v) is 6.51. The molecule has 0 saturated carbocycles. The van der Waals surface area contributed by atoms with Gasteiger partial charge in [0.15, 0.2) is 16.8 Å². The molecule has 1 aromatic carbocycles. The van der Waals surface area contributed by atoms with Gasteiger partial charge in [0.1, 0.15) is 5.69 Å². The first-order valence-electron chi connectivity index (χ1n) is 6.10. The van der Waals surface area contributed by atoms with E-state index in [-0.39, 0.29) is 16.5 Å². The van der Waals surface area contributed by atoms with Crippen molar-refractivity contribution in [2.45, 2.75) is 13.0 Å². The molecule has 2 amide bonds. The van der Waals surface area contributed by atoms with Gasteiger partial charge in [0, 0.05) is 6.07 Å². The van der Waals surface area contributed by atoms with Gasteiger partial charge in [-0.15, -0.1) is 0 Å². The van der Waals surface area contributed by atoms with Crippen LogP contribution in [0.5, 0.6) is 0 Å². The van der Waals surface area contributed by atoms with Crippen LogP contribution in [0, 0.1) is 12.1 Å². The number of carbonyl (C=O) groups is 3. The Balaban J connectivity index is 2.17. The van der Waals surface area contributed by atoms with Crippen molar-refractivity contribution >= 4 is 46.3 Å². The Bertz CT molecular complexity index is 675. The van der Waals surface area contributed by atoms with Crippen LogP contribution in [0.2, 0.25) is 0 Å². The zero-order valence-electron chi connectivity index (χ0n) is 11.3. The van der Waals surface area contributed by atoms with E-state index < -0.39 is 28.9 Å². The van der Waals surface area contributed by atoms with Crippen LogP contribution in [0.15, 0.2) is 18.2 Å². The van der Waals surface area contributed by atoms with Gasteiger partial charge in [0.2, 0.25) is 0 Å². The number of ketones is 1. The van der Waals surface area contributed by atoms with Crippen LogP contribution in [0.25, 0.3) is 0 Å². The average molecular weight is 324 g/mol. The molecular formula is C12H12N4O5S. The highest BCUT2D eigenvalue weighted by Crippen LogP contribution is 2.19. The molecule has 1 saturated heterocycles. The molecule has 1 aliphatic rings. The molecule has 1 aliphatic heterocycles. The minimum absolute atomic E-state index is 0.0302. The van der Waals surface area contributed by atoms with Gasteiger partial charge in [-0.1, -0.05) is 6.07 Å². The third-order valence-corrected chi connectivity index (χ3v) is 3.13. The number of hydrogen-bond acceptors (Lipinski definition) is 6. The lowest BCUT2D eigenvalue weighted by molar-refractivity contribution is -0.990. The van der Waals surface area contributed by atoms with Crippen LogP contribution in [0.3, 0.4) is 0 Å². The fourth-order valence-electron chi connectivity index (χ4n) is 1.86. The molecular weight excluding hydrogens is 312 g/mol. The minimum atomic E-state index is -1.41. The highest BCUT2D eigenvalue weighted by molar-refractivity contribution is 7.80. The number of amides is 2. The largest absolute Gasteiger partial charge is 0.595 e. The van der Waals surface area contributed by atoms with E-state index in [4.69, 9.17) is 5.21 Å². The molecule has 1 fully saturated rings. The molecule has 1 heterocycles.